The van der Waals surface area contributed by atoms with E-state index in [2.05, 4.69) is 42.9 Å². The van der Waals surface area contributed by atoms with Gasteiger partial charge in [0.1, 0.15) is 0 Å². The molecule has 2 aliphatic rings. The molecule has 0 spiro atoms. The van der Waals surface area contributed by atoms with Gasteiger partial charge in [-0.3, -0.25) is 9.80 Å². The molecule has 3 nitrogen and oxygen atoms in total. The fraction of sp³-hybridized carbons (Fsp3) is 1.00. The first-order valence-electron chi connectivity index (χ1n) is 7.14. The summed E-state index contributed by atoms with van der Waals surface area (Å²) in [5, 5.41) is 3.49. The van der Waals surface area contributed by atoms with Gasteiger partial charge in [-0.1, -0.05) is 20.8 Å². The molecular weight excluding hydrogens is 210 g/mol. The van der Waals surface area contributed by atoms with E-state index in [1.54, 1.807) is 0 Å². The number of hydrogen-bond acceptors (Lipinski definition) is 3. The predicted molar refractivity (Wildman–Crippen MR) is 73.3 cm³/mol. The van der Waals surface area contributed by atoms with Gasteiger partial charge in [0, 0.05) is 38.3 Å². The van der Waals surface area contributed by atoms with Crippen LogP contribution in [-0.4, -0.2) is 61.7 Å². The van der Waals surface area contributed by atoms with Gasteiger partial charge in [-0.05, 0) is 31.8 Å². The van der Waals surface area contributed by atoms with Crippen LogP contribution in [0.2, 0.25) is 0 Å². The maximum absolute atomic E-state index is 3.49. The van der Waals surface area contributed by atoms with Gasteiger partial charge in [0.25, 0.3) is 0 Å². The topological polar surface area (TPSA) is 18.5 Å². The lowest BCUT2D eigenvalue weighted by Crippen LogP contribution is -2.55. The molecule has 3 heteroatoms. The maximum Gasteiger partial charge on any atom is 0.0240 e. The summed E-state index contributed by atoms with van der Waals surface area (Å²) in [6.45, 7) is 13.4. The molecule has 0 bridgehead atoms. The van der Waals surface area contributed by atoms with Gasteiger partial charge in [-0.2, -0.15) is 0 Å². The first-order chi connectivity index (χ1) is 8.00. The number of fused-ring (bicyclic) bond motifs is 1. The van der Waals surface area contributed by atoms with Gasteiger partial charge in [-0.15, -0.1) is 0 Å². The molecule has 0 radical (unpaired) electrons. The van der Waals surface area contributed by atoms with E-state index in [0.717, 1.165) is 6.04 Å². The minimum absolute atomic E-state index is 0.349. The summed E-state index contributed by atoms with van der Waals surface area (Å²) in [4.78, 5) is 5.35. The highest BCUT2D eigenvalue weighted by Gasteiger charge is 2.33. The summed E-state index contributed by atoms with van der Waals surface area (Å²) in [5.74, 6) is 0. The Kier molecular flexibility index (Phi) is 4.11. The lowest BCUT2D eigenvalue weighted by Gasteiger charge is -2.41. The predicted octanol–water partition coefficient (Wildman–Crippen LogP) is 1.40. The second kappa shape index (κ2) is 5.25. The largest absolute Gasteiger partial charge is 0.315 e. The maximum atomic E-state index is 3.49. The summed E-state index contributed by atoms with van der Waals surface area (Å²) in [6, 6.07) is 1.44. The molecule has 100 valence electrons. The molecule has 2 rings (SSSR count). The van der Waals surface area contributed by atoms with Crippen LogP contribution in [0, 0.1) is 5.41 Å². The number of likely N-dealkylation sites (N-methyl/N-ethyl adjacent to an activating group) is 1. The van der Waals surface area contributed by atoms with Crippen molar-refractivity contribution in [2.24, 2.45) is 5.41 Å². The van der Waals surface area contributed by atoms with Crippen molar-refractivity contribution in [2.75, 3.05) is 39.8 Å². The number of hydrogen-bond donors (Lipinski definition) is 1. The van der Waals surface area contributed by atoms with Gasteiger partial charge in [0.2, 0.25) is 0 Å². The fourth-order valence-electron chi connectivity index (χ4n) is 3.28. The molecular formula is C14H29N3. The van der Waals surface area contributed by atoms with E-state index in [1.165, 1.54) is 45.6 Å². The van der Waals surface area contributed by atoms with Crippen molar-refractivity contribution in [3.05, 3.63) is 0 Å². The third-order valence-electron chi connectivity index (χ3n) is 4.51. The molecule has 0 aromatic carbocycles. The Labute approximate surface area is 107 Å². The van der Waals surface area contributed by atoms with E-state index in [4.69, 9.17) is 0 Å². The molecule has 2 saturated heterocycles. The van der Waals surface area contributed by atoms with Crippen molar-refractivity contribution in [1.82, 2.24) is 15.1 Å². The number of nitrogens with zero attached hydrogens (tertiary/aromatic N) is 2. The zero-order chi connectivity index (χ0) is 12.5. The van der Waals surface area contributed by atoms with Gasteiger partial charge < -0.3 is 5.32 Å². The van der Waals surface area contributed by atoms with Crippen LogP contribution in [0.5, 0.6) is 0 Å². The first-order valence-corrected chi connectivity index (χ1v) is 7.14. The van der Waals surface area contributed by atoms with Crippen LogP contribution < -0.4 is 5.32 Å². The van der Waals surface area contributed by atoms with E-state index in [1.807, 2.05) is 0 Å². The SMILES string of the molecule is CNC(CN1CCN2CCCC2C1)C(C)(C)C. The molecule has 0 aliphatic carbocycles. The van der Waals surface area contributed by atoms with Gasteiger partial charge in [0.15, 0.2) is 0 Å². The van der Waals surface area contributed by atoms with Crippen molar-refractivity contribution in [1.29, 1.82) is 0 Å². The summed E-state index contributed by atoms with van der Waals surface area (Å²) < 4.78 is 0. The van der Waals surface area contributed by atoms with Crippen molar-refractivity contribution in [3.63, 3.8) is 0 Å². The number of rotatable bonds is 3. The Bertz CT molecular complexity index is 246. The highest BCUT2D eigenvalue weighted by atomic mass is 15.3. The standard InChI is InChI=1S/C14H29N3/c1-14(2,3)13(15-4)11-16-8-9-17-7-5-6-12(17)10-16/h12-13,15H,5-11H2,1-4H3. The Hall–Kier alpha value is -0.120. The van der Waals surface area contributed by atoms with Crippen LogP contribution in [0.1, 0.15) is 33.6 Å². The monoisotopic (exact) mass is 239 g/mol. The average Bonchev–Trinajstić information content (AvgIpc) is 2.71. The second-order valence-corrected chi connectivity index (χ2v) is 6.80. The van der Waals surface area contributed by atoms with Crippen LogP contribution in [0.4, 0.5) is 0 Å². The molecule has 17 heavy (non-hydrogen) atoms. The molecule has 2 heterocycles. The Morgan fingerprint density at radius 2 is 2.00 bits per heavy atom. The van der Waals surface area contributed by atoms with Gasteiger partial charge in [0.05, 0.1) is 0 Å². The fourth-order valence-corrected chi connectivity index (χ4v) is 3.28. The minimum atomic E-state index is 0.349. The quantitative estimate of drug-likeness (QED) is 0.803. The van der Waals surface area contributed by atoms with E-state index in [0.29, 0.717) is 11.5 Å². The minimum Gasteiger partial charge on any atom is -0.315 e. The summed E-state index contributed by atoms with van der Waals surface area (Å²) in [7, 11) is 2.10. The molecule has 2 atom stereocenters. The molecule has 0 aromatic rings. The van der Waals surface area contributed by atoms with Gasteiger partial charge >= 0.3 is 0 Å². The van der Waals surface area contributed by atoms with Crippen LogP contribution in [0.15, 0.2) is 0 Å². The average molecular weight is 239 g/mol. The first kappa shape index (κ1) is 13.3. The van der Waals surface area contributed by atoms with E-state index in [9.17, 15) is 0 Å². The summed E-state index contributed by atoms with van der Waals surface area (Å²) in [6.07, 6.45) is 2.82. The van der Waals surface area contributed by atoms with E-state index < -0.39 is 0 Å². The van der Waals surface area contributed by atoms with Crippen LogP contribution >= 0.6 is 0 Å². The van der Waals surface area contributed by atoms with Crippen molar-refractivity contribution in [2.45, 2.75) is 45.7 Å². The molecule has 0 amide bonds. The number of nitrogens with one attached hydrogen (secondary N) is 1. The van der Waals surface area contributed by atoms with E-state index in [-0.39, 0.29) is 0 Å². The molecule has 2 unspecified atom stereocenters. The normalized spacial score (nSPS) is 29.3. The molecule has 0 aromatic heterocycles. The summed E-state index contributed by atoms with van der Waals surface area (Å²) in [5.41, 5.74) is 0.349. The zero-order valence-electron chi connectivity index (χ0n) is 12.0. The van der Waals surface area contributed by atoms with Crippen molar-refractivity contribution < 1.29 is 0 Å². The van der Waals surface area contributed by atoms with Gasteiger partial charge in [-0.25, -0.2) is 0 Å². The summed E-state index contributed by atoms with van der Waals surface area (Å²) >= 11 is 0. The molecule has 2 fully saturated rings. The van der Waals surface area contributed by atoms with Crippen molar-refractivity contribution >= 4 is 0 Å². The van der Waals surface area contributed by atoms with Crippen LogP contribution in [-0.2, 0) is 0 Å². The molecule has 0 saturated carbocycles. The third-order valence-corrected chi connectivity index (χ3v) is 4.51. The highest BCUT2D eigenvalue weighted by molar-refractivity contribution is 4.90. The smallest absolute Gasteiger partial charge is 0.0240 e. The van der Waals surface area contributed by atoms with E-state index >= 15 is 0 Å². The molecule has 1 N–H and O–H groups in total. The third kappa shape index (κ3) is 3.21. The lowest BCUT2D eigenvalue weighted by molar-refractivity contribution is 0.0822. The Morgan fingerprint density at radius 1 is 1.24 bits per heavy atom. The Morgan fingerprint density at radius 3 is 2.65 bits per heavy atom. The zero-order valence-corrected chi connectivity index (χ0v) is 12.0. The Balaban J connectivity index is 1.86. The number of piperazine rings is 1. The van der Waals surface area contributed by atoms with Crippen molar-refractivity contribution in [3.8, 4) is 0 Å². The molecule has 2 aliphatic heterocycles. The van der Waals surface area contributed by atoms with Crippen LogP contribution in [0.3, 0.4) is 0 Å². The highest BCUT2D eigenvalue weighted by Crippen LogP contribution is 2.24. The second-order valence-electron chi connectivity index (χ2n) is 6.80. The van der Waals surface area contributed by atoms with Crippen LogP contribution in [0.25, 0.3) is 0 Å². The lowest BCUT2D eigenvalue weighted by atomic mass is 9.86.